The Morgan fingerprint density at radius 1 is 1.23 bits per heavy atom. The summed E-state index contributed by atoms with van der Waals surface area (Å²) < 4.78 is 5.19. The molecule has 1 amide bonds. The fraction of sp³-hybridized carbons (Fsp3) is 0.240. The van der Waals surface area contributed by atoms with E-state index in [1.54, 1.807) is 20.0 Å². The predicted molar refractivity (Wildman–Crippen MR) is 117 cm³/mol. The summed E-state index contributed by atoms with van der Waals surface area (Å²) in [6.07, 6.45) is 0.282. The van der Waals surface area contributed by atoms with Crippen molar-refractivity contribution in [2.75, 3.05) is 20.2 Å². The van der Waals surface area contributed by atoms with Crippen molar-refractivity contribution >= 4 is 22.6 Å². The molecule has 3 aromatic rings. The van der Waals surface area contributed by atoms with Crippen LogP contribution in [0.5, 0.6) is 0 Å². The van der Waals surface area contributed by atoms with E-state index >= 15 is 0 Å². The summed E-state index contributed by atoms with van der Waals surface area (Å²) in [5, 5.41) is 12.1. The third kappa shape index (κ3) is 4.00. The summed E-state index contributed by atoms with van der Waals surface area (Å²) in [5.41, 5.74) is 0.634. The molecular formula is C25H22N2O4. The molecule has 156 valence electrons. The van der Waals surface area contributed by atoms with Gasteiger partial charge in [0, 0.05) is 36.5 Å². The molecule has 0 radical (unpaired) electrons. The van der Waals surface area contributed by atoms with Crippen molar-refractivity contribution in [3.8, 4) is 23.1 Å². The summed E-state index contributed by atoms with van der Waals surface area (Å²) >= 11 is 0. The van der Waals surface area contributed by atoms with Gasteiger partial charge in [0.2, 0.25) is 5.60 Å². The van der Waals surface area contributed by atoms with Gasteiger partial charge in [0.15, 0.2) is 5.69 Å². The fourth-order valence-corrected chi connectivity index (χ4v) is 3.60. The van der Waals surface area contributed by atoms with E-state index in [0.717, 1.165) is 16.3 Å². The lowest BCUT2D eigenvalue weighted by molar-refractivity contribution is -0.137. The molecule has 4 rings (SSSR count). The van der Waals surface area contributed by atoms with Crippen molar-refractivity contribution in [3.05, 3.63) is 65.9 Å². The van der Waals surface area contributed by atoms with Gasteiger partial charge in [-0.25, -0.2) is 9.78 Å². The summed E-state index contributed by atoms with van der Waals surface area (Å²) in [4.78, 5) is 30.7. The Labute approximate surface area is 180 Å². The standard InChI is InChI=1S/C25H22N2O4/c1-3-31-23(28)22-20-10-5-4-8-18(20)16-21(26-22)19-9-6-7-17(15-19)11-12-25(30)13-14-27(2)24(25)29/h4-10,15-16,30H,3,13-14H2,1-2H3/t25-/m0/s1. The van der Waals surface area contributed by atoms with Crippen molar-refractivity contribution in [3.63, 3.8) is 0 Å². The maximum Gasteiger partial charge on any atom is 0.357 e. The number of benzene rings is 2. The first-order valence-electron chi connectivity index (χ1n) is 10.1. The highest BCUT2D eigenvalue weighted by atomic mass is 16.5. The number of likely N-dealkylation sites (tertiary alicyclic amines) is 1. The molecule has 1 aliphatic rings. The summed E-state index contributed by atoms with van der Waals surface area (Å²) in [5.74, 6) is 4.79. The van der Waals surface area contributed by atoms with Gasteiger partial charge >= 0.3 is 5.97 Å². The molecule has 1 N–H and O–H groups in total. The minimum absolute atomic E-state index is 0.264. The van der Waals surface area contributed by atoms with Gasteiger partial charge in [-0.3, -0.25) is 4.79 Å². The molecule has 1 aliphatic heterocycles. The largest absolute Gasteiger partial charge is 0.461 e. The SMILES string of the molecule is CCOC(=O)c1nc(-c2cccc(C#C[C@]3(O)CCN(C)C3=O)c2)cc2ccccc12. The second kappa shape index (κ2) is 8.21. The minimum atomic E-state index is -1.65. The van der Waals surface area contributed by atoms with E-state index < -0.39 is 11.6 Å². The third-order valence-corrected chi connectivity index (χ3v) is 5.29. The zero-order chi connectivity index (χ0) is 22.0. The van der Waals surface area contributed by atoms with Crippen LogP contribution in [0.3, 0.4) is 0 Å². The Balaban J connectivity index is 1.74. The van der Waals surface area contributed by atoms with Crippen molar-refractivity contribution in [1.82, 2.24) is 9.88 Å². The second-order valence-electron chi connectivity index (χ2n) is 7.47. The number of nitrogens with zero attached hydrogens (tertiary/aromatic N) is 2. The summed E-state index contributed by atoms with van der Waals surface area (Å²) in [7, 11) is 1.65. The molecular weight excluding hydrogens is 392 g/mol. The molecule has 0 unspecified atom stereocenters. The molecule has 1 atom stereocenters. The molecule has 2 heterocycles. The van der Waals surface area contributed by atoms with Crippen LogP contribution < -0.4 is 0 Å². The van der Waals surface area contributed by atoms with Gasteiger partial charge < -0.3 is 14.7 Å². The molecule has 0 bridgehead atoms. The summed E-state index contributed by atoms with van der Waals surface area (Å²) in [6, 6.07) is 16.8. The Bertz CT molecular complexity index is 1240. The van der Waals surface area contributed by atoms with Gasteiger partial charge in [-0.2, -0.15) is 0 Å². The van der Waals surface area contributed by atoms with Crippen LogP contribution in [-0.4, -0.2) is 52.7 Å². The van der Waals surface area contributed by atoms with Gasteiger partial charge in [0.1, 0.15) is 0 Å². The van der Waals surface area contributed by atoms with Crippen molar-refractivity contribution < 1.29 is 19.4 Å². The quantitative estimate of drug-likeness (QED) is 0.526. The molecule has 0 saturated carbocycles. The van der Waals surface area contributed by atoms with Crippen LogP contribution in [-0.2, 0) is 9.53 Å². The Morgan fingerprint density at radius 3 is 2.77 bits per heavy atom. The lowest BCUT2D eigenvalue weighted by Crippen LogP contribution is -2.37. The number of hydrogen-bond donors (Lipinski definition) is 1. The number of carbonyl (C=O) groups excluding carboxylic acids is 2. The van der Waals surface area contributed by atoms with E-state index in [-0.39, 0.29) is 24.6 Å². The number of esters is 1. The van der Waals surface area contributed by atoms with Crippen LogP contribution in [0.25, 0.3) is 22.0 Å². The average molecular weight is 414 g/mol. The van der Waals surface area contributed by atoms with E-state index in [2.05, 4.69) is 16.8 Å². The molecule has 0 aliphatic carbocycles. The Hall–Kier alpha value is -3.69. The monoisotopic (exact) mass is 414 g/mol. The number of likely N-dealkylation sites (N-methyl/N-ethyl adjacent to an activating group) is 1. The number of aliphatic hydroxyl groups is 1. The van der Waals surface area contributed by atoms with Crippen LogP contribution in [0.1, 0.15) is 29.4 Å². The highest BCUT2D eigenvalue weighted by Gasteiger charge is 2.42. The number of fused-ring (bicyclic) bond motifs is 1. The second-order valence-corrected chi connectivity index (χ2v) is 7.47. The number of rotatable bonds is 3. The Morgan fingerprint density at radius 2 is 2.03 bits per heavy atom. The zero-order valence-corrected chi connectivity index (χ0v) is 17.4. The number of amides is 1. The average Bonchev–Trinajstić information content (AvgIpc) is 3.05. The first-order chi connectivity index (χ1) is 14.9. The first kappa shape index (κ1) is 20.6. The van der Waals surface area contributed by atoms with Gasteiger partial charge in [0.05, 0.1) is 12.3 Å². The lowest BCUT2D eigenvalue weighted by atomic mass is 10.0. The topological polar surface area (TPSA) is 79.7 Å². The Kier molecular flexibility index (Phi) is 5.45. The van der Waals surface area contributed by atoms with Crippen LogP contribution in [0.2, 0.25) is 0 Å². The summed E-state index contributed by atoms with van der Waals surface area (Å²) in [6.45, 7) is 2.50. The molecule has 1 fully saturated rings. The normalized spacial score (nSPS) is 18.0. The first-order valence-corrected chi connectivity index (χ1v) is 10.1. The van der Waals surface area contributed by atoms with E-state index in [0.29, 0.717) is 17.8 Å². The van der Waals surface area contributed by atoms with E-state index in [9.17, 15) is 14.7 Å². The number of hydrogen-bond acceptors (Lipinski definition) is 5. The highest BCUT2D eigenvalue weighted by Crippen LogP contribution is 2.26. The maximum atomic E-state index is 12.5. The van der Waals surface area contributed by atoms with Gasteiger partial charge in [0.25, 0.3) is 5.91 Å². The number of ether oxygens (including phenoxy) is 1. The lowest BCUT2D eigenvalue weighted by Gasteiger charge is -2.13. The zero-order valence-electron chi connectivity index (χ0n) is 17.4. The van der Waals surface area contributed by atoms with Crippen LogP contribution >= 0.6 is 0 Å². The minimum Gasteiger partial charge on any atom is -0.461 e. The van der Waals surface area contributed by atoms with Crippen LogP contribution in [0.15, 0.2) is 54.6 Å². The van der Waals surface area contributed by atoms with Crippen molar-refractivity contribution in [2.24, 2.45) is 0 Å². The van der Waals surface area contributed by atoms with E-state index in [4.69, 9.17) is 4.74 Å². The molecule has 1 saturated heterocycles. The van der Waals surface area contributed by atoms with Crippen LogP contribution in [0, 0.1) is 11.8 Å². The maximum absolute atomic E-state index is 12.5. The van der Waals surface area contributed by atoms with E-state index in [1.165, 1.54) is 4.90 Å². The van der Waals surface area contributed by atoms with Gasteiger partial charge in [-0.15, -0.1) is 0 Å². The van der Waals surface area contributed by atoms with Crippen molar-refractivity contribution in [1.29, 1.82) is 0 Å². The van der Waals surface area contributed by atoms with Crippen molar-refractivity contribution in [2.45, 2.75) is 18.9 Å². The molecule has 6 heteroatoms. The number of aromatic nitrogens is 1. The smallest absolute Gasteiger partial charge is 0.357 e. The third-order valence-electron chi connectivity index (χ3n) is 5.29. The molecule has 6 nitrogen and oxygen atoms in total. The molecule has 31 heavy (non-hydrogen) atoms. The fourth-order valence-electron chi connectivity index (χ4n) is 3.60. The van der Waals surface area contributed by atoms with Gasteiger partial charge in [-0.05, 0) is 30.5 Å². The van der Waals surface area contributed by atoms with Crippen LogP contribution in [0.4, 0.5) is 0 Å². The molecule has 0 spiro atoms. The number of carbonyl (C=O) groups is 2. The number of pyridine rings is 1. The molecule has 2 aromatic carbocycles. The van der Waals surface area contributed by atoms with Gasteiger partial charge in [-0.1, -0.05) is 48.2 Å². The van der Waals surface area contributed by atoms with E-state index in [1.807, 2.05) is 48.5 Å². The predicted octanol–water partition coefficient (Wildman–Crippen LogP) is 3.02. The highest BCUT2D eigenvalue weighted by molar-refractivity contribution is 6.03. The molecule has 1 aromatic heterocycles.